The van der Waals surface area contributed by atoms with E-state index in [2.05, 4.69) is 59.7 Å². The van der Waals surface area contributed by atoms with Gasteiger partial charge in [0.2, 0.25) is 0 Å². The van der Waals surface area contributed by atoms with E-state index < -0.39 is 5.60 Å². The van der Waals surface area contributed by atoms with Crippen LogP contribution in [0.1, 0.15) is 83.9 Å². The van der Waals surface area contributed by atoms with E-state index in [-0.39, 0.29) is 5.41 Å². The number of fused-ring (bicyclic) bond motifs is 5. The van der Waals surface area contributed by atoms with Crippen LogP contribution in [0.5, 0.6) is 5.75 Å². The van der Waals surface area contributed by atoms with Crippen molar-refractivity contribution in [3.8, 4) is 5.75 Å². The molecule has 0 saturated heterocycles. The molecule has 0 bridgehead atoms. The van der Waals surface area contributed by atoms with Gasteiger partial charge in [0.05, 0.1) is 0 Å². The van der Waals surface area contributed by atoms with Crippen LogP contribution in [0.2, 0.25) is 5.32 Å². The second-order valence-electron chi connectivity index (χ2n) is 11.7. The van der Waals surface area contributed by atoms with Crippen molar-refractivity contribution in [2.75, 3.05) is 7.11 Å². The van der Waals surface area contributed by atoms with E-state index in [0.29, 0.717) is 32.7 Å². The topological polar surface area (TPSA) is 29.5 Å². The summed E-state index contributed by atoms with van der Waals surface area (Å²) in [5, 5.41) is 13.2. The fraction of sp³-hybridized carbons (Fsp3) is 0.613. The number of ether oxygens (including phenoxy) is 1. The van der Waals surface area contributed by atoms with Crippen molar-refractivity contribution in [2.24, 2.45) is 17.3 Å². The van der Waals surface area contributed by atoms with Gasteiger partial charge in [0.15, 0.2) is 0 Å². The number of benzene rings is 2. The molecule has 0 aliphatic heterocycles. The van der Waals surface area contributed by atoms with Crippen molar-refractivity contribution in [2.45, 2.75) is 96.9 Å². The van der Waals surface area contributed by atoms with Crippen LogP contribution in [0.25, 0.3) is 0 Å². The quantitative estimate of drug-likeness (QED) is 0.477. The van der Waals surface area contributed by atoms with E-state index in [0.717, 1.165) is 30.3 Å². The Morgan fingerprint density at radius 2 is 1.62 bits per heavy atom. The van der Waals surface area contributed by atoms with E-state index in [1.807, 2.05) is 0 Å². The van der Waals surface area contributed by atoms with Crippen molar-refractivity contribution < 1.29 is 9.84 Å². The Balaban J connectivity index is 1.39. The van der Waals surface area contributed by atoms with Crippen molar-refractivity contribution in [3.05, 3.63) is 57.1 Å². The van der Waals surface area contributed by atoms with Crippen LogP contribution in [0.15, 0.2) is 18.2 Å². The summed E-state index contributed by atoms with van der Waals surface area (Å²) < 4.78 is 7.04. The van der Waals surface area contributed by atoms with Gasteiger partial charge in [0.1, 0.15) is 0 Å². The van der Waals surface area contributed by atoms with Gasteiger partial charge in [-0.3, -0.25) is 0 Å². The average Bonchev–Trinajstić information content (AvgIpc) is 3.11. The first kappa shape index (κ1) is 24.4. The molecule has 2 aromatic rings. The van der Waals surface area contributed by atoms with E-state index in [1.54, 1.807) is 17.1 Å². The molecule has 0 spiro atoms. The minimum atomic E-state index is -0.519. The monoisotopic (exact) mass is 526 g/mol. The Bertz CT molecular complexity index is 1090. The van der Waals surface area contributed by atoms with Crippen LogP contribution in [0.4, 0.5) is 0 Å². The SMILES string of the molecule is COc1ccc2c(c1)CC[C@@H]1[C@@H]2CC[C@@]2(C)[C@H]1CC[C@@]2(O)C[Se]c1c(C)c(C)c(C)c(C)c1C. The third-order valence-electron chi connectivity index (χ3n) is 10.6. The zero-order valence-electron chi connectivity index (χ0n) is 22.2. The number of hydrogen-bond donors (Lipinski definition) is 1. The van der Waals surface area contributed by atoms with Crippen LogP contribution >= 0.6 is 0 Å². The maximum atomic E-state index is 12.2. The molecule has 3 heteroatoms. The van der Waals surface area contributed by atoms with Crippen molar-refractivity contribution in [1.29, 1.82) is 0 Å². The van der Waals surface area contributed by atoms with Crippen LogP contribution in [0.3, 0.4) is 0 Å². The summed E-state index contributed by atoms with van der Waals surface area (Å²) in [5.41, 5.74) is 9.85. The van der Waals surface area contributed by atoms with Crippen LogP contribution in [0, 0.1) is 51.9 Å². The summed E-state index contributed by atoms with van der Waals surface area (Å²) in [6, 6.07) is 6.76. The molecule has 34 heavy (non-hydrogen) atoms. The van der Waals surface area contributed by atoms with Gasteiger partial charge < -0.3 is 0 Å². The van der Waals surface area contributed by atoms with Gasteiger partial charge in [-0.2, -0.15) is 0 Å². The first-order chi connectivity index (χ1) is 16.1. The molecule has 2 saturated carbocycles. The molecule has 0 radical (unpaired) electrons. The third-order valence-corrected chi connectivity index (χ3v) is 13.8. The molecule has 0 heterocycles. The maximum absolute atomic E-state index is 12.2. The number of rotatable bonds is 4. The van der Waals surface area contributed by atoms with Crippen LogP contribution < -0.4 is 9.20 Å². The first-order valence-corrected chi connectivity index (χ1v) is 15.3. The summed E-state index contributed by atoms with van der Waals surface area (Å²) >= 11 is 0.302. The Morgan fingerprint density at radius 1 is 0.941 bits per heavy atom. The normalized spacial score (nSPS) is 32.2. The van der Waals surface area contributed by atoms with Gasteiger partial charge in [-0.05, 0) is 0 Å². The summed E-state index contributed by atoms with van der Waals surface area (Å²) in [4.78, 5) is 0. The summed E-state index contributed by atoms with van der Waals surface area (Å²) in [7, 11) is 1.77. The number of aryl methyl sites for hydroxylation is 1. The second kappa shape index (κ2) is 8.68. The van der Waals surface area contributed by atoms with Gasteiger partial charge >= 0.3 is 213 Å². The van der Waals surface area contributed by atoms with Crippen LogP contribution in [-0.2, 0) is 6.42 Å². The Labute approximate surface area is 213 Å². The molecule has 5 rings (SSSR count). The molecule has 5 atom stereocenters. The standard InChI is InChI=1S/C31H42O2Se/c1-18-19(2)21(4)29(22(5)20(18)3)34-17-31(32)15-13-28-27-10-8-23-16-24(33-7)9-11-25(23)26(27)12-14-30(28,31)6/h9,11,16,26-28,32H,8,10,12-15,17H2,1-7H3/t26-,27-,28+,30+,31-/m1/s1. The number of methoxy groups -OCH3 is 1. The van der Waals surface area contributed by atoms with Gasteiger partial charge in [-0.25, -0.2) is 0 Å². The molecule has 184 valence electrons. The summed E-state index contributed by atoms with van der Waals surface area (Å²) in [6.45, 7) is 13.9. The fourth-order valence-corrected chi connectivity index (χ4v) is 11.3. The van der Waals surface area contributed by atoms with E-state index >= 15 is 0 Å². The first-order valence-electron chi connectivity index (χ1n) is 13.2. The summed E-state index contributed by atoms with van der Waals surface area (Å²) in [5.74, 6) is 3.01. The molecule has 3 aliphatic rings. The minimum absolute atomic E-state index is 0.0521. The second-order valence-corrected chi connectivity index (χ2v) is 13.8. The van der Waals surface area contributed by atoms with Crippen molar-refractivity contribution >= 4 is 19.4 Å². The molecule has 2 nitrogen and oxygen atoms in total. The number of aliphatic hydroxyl groups is 1. The van der Waals surface area contributed by atoms with E-state index in [1.165, 1.54) is 52.6 Å². The van der Waals surface area contributed by atoms with E-state index in [4.69, 9.17) is 4.74 Å². The molecule has 0 aromatic heterocycles. The number of hydrogen-bond acceptors (Lipinski definition) is 2. The van der Waals surface area contributed by atoms with E-state index in [9.17, 15) is 5.11 Å². The van der Waals surface area contributed by atoms with Crippen molar-refractivity contribution in [1.82, 2.24) is 0 Å². The molecular weight excluding hydrogens is 483 g/mol. The Hall–Kier alpha value is -1.28. The van der Waals surface area contributed by atoms with Crippen molar-refractivity contribution in [3.63, 3.8) is 0 Å². The molecule has 2 fully saturated rings. The predicted octanol–water partition coefficient (Wildman–Crippen LogP) is 6.27. The third kappa shape index (κ3) is 3.53. The van der Waals surface area contributed by atoms with Gasteiger partial charge in [-0.1, -0.05) is 0 Å². The molecule has 0 unspecified atom stereocenters. The van der Waals surface area contributed by atoms with Gasteiger partial charge in [0.25, 0.3) is 0 Å². The Kier molecular flexibility index (Phi) is 6.23. The fourth-order valence-electron chi connectivity index (χ4n) is 7.91. The summed E-state index contributed by atoms with van der Waals surface area (Å²) in [6.07, 6.45) is 6.97. The molecule has 3 aliphatic carbocycles. The Morgan fingerprint density at radius 3 is 2.29 bits per heavy atom. The van der Waals surface area contributed by atoms with Gasteiger partial charge in [0, 0.05) is 0 Å². The van der Waals surface area contributed by atoms with Crippen LogP contribution in [-0.4, -0.2) is 32.8 Å². The molecule has 2 aromatic carbocycles. The predicted molar refractivity (Wildman–Crippen MR) is 143 cm³/mol. The van der Waals surface area contributed by atoms with Gasteiger partial charge in [-0.15, -0.1) is 0 Å². The zero-order chi connectivity index (χ0) is 24.4. The molecular formula is C31H42O2Se. The molecule has 0 amide bonds. The zero-order valence-corrected chi connectivity index (χ0v) is 23.9. The molecule has 1 N–H and O–H groups in total. The average molecular weight is 526 g/mol.